The van der Waals surface area contributed by atoms with Crippen LogP contribution < -0.4 is 9.86 Å². The second kappa shape index (κ2) is 12.5. The van der Waals surface area contributed by atoms with Crippen molar-refractivity contribution in [3.63, 3.8) is 0 Å². The predicted octanol–water partition coefficient (Wildman–Crippen LogP) is 4.20. The van der Waals surface area contributed by atoms with Crippen LogP contribution in [0.5, 0.6) is 0 Å². The number of hydrazone groups is 1. The lowest BCUT2D eigenvalue weighted by atomic mass is 9.91. The van der Waals surface area contributed by atoms with Gasteiger partial charge in [-0.15, -0.1) is 0 Å². The number of nitrogens with two attached hydrogens (primary N) is 1. The SMILES string of the molecule is NS(=O)(=O)CCCCN=C(NS(=O)(=O)c1ccc(Cl)cc1)N1C[C@@H](c2ccccc2)C(c2ccc(Cl)cc2)=N1. The number of guanidine groups is 1. The molecule has 206 valence electrons. The molecule has 0 aromatic heterocycles. The molecule has 0 bridgehead atoms. The van der Waals surface area contributed by atoms with Crippen LogP contribution in [-0.2, 0) is 20.0 Å². The Morgan fingerprint density at radius 3 is 2.15 bits per heavy atom. The van der Waals surface area contributed by atoms with Crippen LogP contribution in [0.15, 0.2) is 93.9 Å². The van der Waals surface area contributed by atoms with Crippen molar-refractivity contribution < 1.29 is 16.8 Å². The number of nitrogens with zero attached hydrogens (tertiary/aromatic N) is 3. The van der Waals surface area contributed by atoms with Gasteiger partial charge in [-0.3, -0.25) is 4.99 Å². The number of sulfonamides is 2. The zero-order valence-electron chi connectivity index (χ0n) is 20.7. The Hall–Kier alpha value is -2.96. The van der Waals surface area contributed by atoms with Crippen molar-refractivity contribution in [1.82, 2.24) is 9.73 Å². The number of benzene rings is 3. The third-order valence-electron chi connectivity index (χ3n) is 5.95. The predicted molar refractivity (Wildman–Crippen MR) is 155 cm³/mol. The third-order valence-corrected chi connectivity index (χ3v) is 8.65. The largest absolute Gasteiger partial charge is 0.264 e. The average molecular weight is 609 g/mol. The number of aliphatic imine (C=N–C) groups is 1. The molecule has 1 aliphatic heterocycles. The molecule has 3 aromatic rings. The fraction of sp³-hybridized carbons (Fsp3) is 0.231. The van der Waals surface area contributed by atoms with Crippen molar-refractivity contribution in [3.8, 4) is 0 Å². The zero-order valence-corrected chi connectivity index (χ0v) is 23.9. The number of primary sulfonamides is 1. The Labute approximate surface area is 238 Å². The highest BCUT2D eigenvalue weighted by Crippen LogP contribution is 2.29. The van der Waals surface area contributed by atoms with E-state index in [1.165, 1.54) is 29.3 Å². The lowest BCUT2D eigenvalue weighted by Gasteiger charge is -2.20. The molecule has 0 unspecified atom stereocenters. The van der Waals surface area contributed by atoms with E-state index in [1.807, 2.05) is 42.5 Å². The van der Waals surface area contributed by atoms with Gasteiger partial charge in [-0.1, -0.05) is 65.7 Å². The van der Waals surface area contributed by atoms with Gasteiger partial charge in [0.05, 0.1) is 22.9 Å². The molecule has 0 fully saturated rings. The second-order valence-corrected chi connectivity index (χ2v) is 13.2. The molecule has 4 rings (SSSR count). The highest BCUT2D eigenvalue weighted by molar-refractivity contribution is 7.90. The van der Waals surface area contributed by atoms with Gasteiger partial charge in [0.2, 0.25) is 16.0 Å². The summed E-state index contributed by atoms with van der Waals surface area (Å²) in [6.07, 6.45) is 0.664. The molecular weight excluding hydrogens is 581 g/mol. The Balaban J connectivity index is 1.68. The van der Waals surface area contributed by atoms with Crippen molar-refractivity contribution >= 4 is 54.9 Å². The Morgan fingerprint density at radius 2 is 1.54 bits per heavy atom. The Morgan fingerprint density at radius 1 is 0.923 bits per heavy atom. The quantitative estimate of drug-likeness (QED) is 0.213. The third kappa shape index (κ3) is 8.02. The molecule has 1 aliphatic rings. The van der Waals surface area contributed by atoms with E-state index in [0.717, 1.165) is 16.8 Å². The first-order valence-corrected chi connectivity index (χ1v) is 16.0. The highest BCUT2D eigenvalue weighted by Gasteiger charge is 2.33. The van der Waals surface area contributed by atoms with Gasteiger partial charge in [-0.2, -0.15) is 5.10 Å². The molecule has 0 saturated carbocycles. The summed E-state index contributed by atoms with van der Waals surface area (Å²) < 4.78 is 51.6. The lowest BCUT2D eigenvalue weighted by Crippen LogP contribution is -2.41. The van der Waals surface area contributed by atoms with Crippen LogP contribution in [0, 0.1) is 0 Å². The van der Waals surface area contributed by atoms with Gasteiger partial charge < -0.3 is 0 Å². The fourth-order valence-corrected chi connectivity index (χ4v) is 5.90. The van der Waals surface area contributed by atoms with E-state index in [0.29, 0.717) is 23.0 Å². The van der Waals surface area contributed by atoms with Gasteiger partial charge in [0, 0.05) is 22.5 Å². The van der Waals surface area contributed by atoms with Gasteiger partial charge in [0.1, 0.15) is 0 Å². The van der Waals surface area contributed by atoms with Crippen molar-refractivity contribution in [2.45, 2.75) is 23.7 Å². The molecule has 0 spiro atoms. The molecule has 39 heavy (non-hydrogen) atoms. The van der Waals surface area contributed by atoms with Gasteiger partial charge in [0.15, 0.2) is 0 Å². The first-order chi connectivity index (χ1) is 18.5. The highest BCUT2D eigenvalue weighted by atomic mass is 35.5. The van der Waals surface area contributed by atoms with E-state index < -0.39 is 20.0 Å². The molecule has 0 radical (unpaired) electrons. The molecule has 9 nitrogen and oxygen atoms in total. The summed E-state index contributed by atoms with van der Waals surface area (Å²) in [5.74, 6) is -0.349. The van der Waals surface area contributed by atoms with Gasteiger partial charge in [-0.25, -0.2) is 31.7 Å². The molecule has 0 amide bonds. The zero-order chi connectivity index (χ0) is 28.0. The molecular formula is C26H27Cl2N5O4S2. The summed E-state index contributed by atoms with van der Waals surface area (Å²) in [5, 5.41) is 12.4. The maximum absolute atomic E-state index is 13.3. The maximum Gasteiger partial charge on any atom is 0.264 e. The van der Waals surface area contributed by atoms with Crippen molar-refractivity contribution in [2.24, 2.45) is 15.2 Å². The molecule has 3 N–H and O–H groups in total. The minimum atomic E-state index is -4.03. The van der Waals surface area contributed by atoms with Crippen LogP contribution in [0.3, 0.4) is 0 Å². The minimum absolute atomic E-state index is 0.00883. The number of nitrogens with one attached hydrogen (secondary N) is 1. The number of hydrogen-bond donors (Lipinski definition) is 2. The van der Waals surface area contributed by atoms with Crippen LogP contribution in [0.1, 0.15) is 29.9 Å². The topological polar surface area (TPSA) is 134 Å². The van der Waals surface area contributed by atoms with E-state index in [9.17, 15) is 16.8 Å². The first-order valence-electron chi connectivity index (χ1n) is 12.0. The van der Waals surface area contributed by atoms with Crippen LogP contribution in [0.4, 0.5) is 0 Å². The number of rotatable bonds is 9. The molecule has 0 saturated heterocycles. The van der Waals surface area contributed by atoms with Crippen molar-refractivity contribution in [2.75, 3.05) is 18.8 Å². The second-order valence-electron chi connectivity index (χ2n) is 8.88. The summed E-state index contributed by atoms with van der Waals surface area (Å²) in [5.41, 5.74) is 2.57. The number of unbranched alkanes of at least 4 members (excludes halogenated alkanes) is 1. The molecule has 1 heterocycles. The number of halogens is 2. The summed E-state index contributed by atoms with van der Waals surface area (Å²) in [7, 11) is -7.63. The van der Waals surface area contributed by atoms with Gasteiger partial charge >= 0.3 is 0 Å². The van der Waals surface area contributed by atoms with E-state index in [2.05, 4.69) is 9.71 Å². The van der Waals surface area contributed by atoms with E-state index in [1.54, 1.807) is 12.1 Å². The summed E-state index contributed by atoms with van der Waals surface area (Å²) in [6, 6.07) is 22.8. The standard InChI is InChI=1S/C26H27Cl2N5O4S2/c27-21-10-8-20(9-11-21)25-24(19-6-2-1-3-7-19)18-33(31-25)26(30-16-4-5-17-38(29,34)35)32-39(36,37)23-14-12-22(28)13-15-23/h1-3,6-15,24H,4-5,16-18H2,(H,30,32)(H2,29,34,35)/t24-/m0/s1. The molecule has 1 atom stereocenters. The van der Waals surface area contributed by atoms with Crippen LogP contribution in [0.2, 0.25) is 10.0 Å². The van der Waals surface area contributed by atoms with Crippen molar-refractivity contribution in [1.29, 1.82) is 0 Å². The first kappa shape index (κ1) is 29.0. The van der Waals surface area contributed by atoms with Crippen LogP contribution >= 0.6 is 23.2 Å². The average Bonchev–Trinajstić information content (AvgIpc) is 3.34. The molecule has 0 aliphatic carbocycles. The summed E-state index contributed by atoms with van der Waals surface area (Å²) >= 11 is 12.0. The van der Waals surface area contributed by atoms with E-state index >= 15 is 0 Å². The summed E-state index contributed by atoms with van der Waals surface area (Å²) in [4.78, 5) is 4.50. The van der Waals surface area contributed by atoms with Crippen molar-refractivity contribution in [3.05, 3.63) is 100 Å². The summed E-state index contributed by atoms with van der Waals surface area (Å²) in [6.45, 7) is 0.480. The fourth-order valence-electron chi connectivity index (χ4n) is 4.02. The number of hydrogen-bond acceptors (Lipinski definition) is 6. The Kier molecular flexibility index (Phi) is 9.29. The Bertz CT molecular complexity index is 1560. The van der Waals surface area contributed by atoms with E-state index in [-0.39, 0.29) is 35.5 Å². The minimum Gasteiger partial charge on any atom is -0.251 e. The molecule has 3 aromatic carbocycles. The lowest BCUT2D eigenvalue weighted by molar-refractivity contribution is 0.460. The monoisotopic (exact) mass is 607 g/mol. The van der Waals surface area contributed by atoms with Crippen LogP contribution in [0.25, 0.3) is 0 Å². The van der Waals surface area contributed by atoms with Gasteiger partial charge in [0.25, 0.3) is 10.0 Å². The smallest absolute Gasteiger partial charge is 0.251 e. The van der Waals surface area contributed by atoms with Crippen LogP contribution in [-0.4, -0.2) is 52.4 Å². The van der Waals surface area contributed by atoms with E-state index in [4.69, 9.17) is 33.4 Å². The maximum atomic E-state index is 13.3. The normalized spacial score (nSPS) is 16.3. The van der Waals surface area contributed by atoms with Gasteiger partial charge in [-0.05, 0) is 60.4 Å². The molecule has 13 heteroatoms.